The van der Waals surface area contributed by atoms with Crippen LogP contribution in [0.1, 0.15) is 15.9 Å². The molecule has 0 aliphatic rings. The third kappa shape index (κ3) is 3.52. The van der Waals surface area contributed by atoms with Crippen LogP contribution in [0.4, 0.5) is 5.69 Å². The highest BCUT2D eigenvalue weighted by Gasteiger charge is 2.10. The molecule has 3 aromatic rings. The molecule has 3 rings (SSSR count). The molecule has 0 aliphatic carbocycles. The van der Waals surface area contributed by atoms with Crippen LogP contribution in [0.25, 0.3) is 11.0 Å². The van der Waals surface area contributed by atoms with Crippen molar-refractivity contribution in [1.82, 2.24) is 9.97 Å². The van der Waals surface area contributed by atoms with Crippen molar-refractivity contribution in [3.8, 4) is 0 Å². The van der Waals surface area contributed by atoms with Crippen LogP contribution in [-0.2, 0) is 9.53 Å². The zero-order valence-corrected chi connectivity index (χ0v) is 12.9. The van der Waals surface area contributed by atoms with E-state index in [4.69, 9.17) is 4.74 Å². The highest BCUT2D eigenvalue weighted by Crippen LogP contribution is 2.14. The molecular formula is C17H15N3O4. The summed E-state index contributed by atoms with van der Waals surface area (Å²) in [5.74, 6) is -1.02. The number of amides is 1. The van der Waals surface area contributed by atoms with E-state index in [0.29, 0.717) is 22.3 Å². The first-order chi connectivity index (χ1) is 11.5. The van der Waals surface area contributed by atoms with Gasteiger partial charge in [-0.25, -0.2) is 9.59 Å². The normalized spacial score (nSPS) is 10.5. The molecule has 0 bridgehead atoms. The van der Waals surface area contributed by atoms with Gasteiger partial charge in [0.1, 0.15) is 0 Å². The first-order valence-corrected chi connectivity index (χ1v) is 7.27. The van der Waals surface area contributed by atoms with Crippen molar-refractivity contribution >= 4 is 28.6 Å². The molecule has 122 valence electrons. The zero-order chi connectivity index (χ0) is 17.1. The van der Waals surface area contributed by atoms with E-state index in [-0.39, 0.29) is 5.69 Å². The van der Waals surface area contributed by atoms with E-state index in [1.165, 1.54) is 0 Å². The number of benzene rings is 2. The highest BCUT2D eigenvalue weighted by molar-refractivity contribution is 5.96. The van der Waals surface area contributed by atoms with Crippen LogP contribution in [0.5, 0.6) is 0 Å². The number of esters is 1. The number of fused-ring (bicyclic) bond motifs is 1. The van der Waals surface area contributed by atoms with E-state index in [1.54, 1.807) is 42.5 Å². The largest absolute Gasteiger partial charge is 0.452 e. The monoisotopic (exact) mass is 325 g/mol. The Morgan fingerprint density at radius 2 is 1.75 bits per heavy atom. The van der Waals surface area contributed by atoms with Crippen LogP contribution in [-0.4, -0.2) is 28.5 Å². The Labute approximate surface area is 136 Å². The number of aromatic nitrogens is 2. The third-order valence-corrected chi connectivity index (χ3v) is 3.42. The van der Waals surface area contributed by atoms with Gasteiger partial charge < -0.3 is 20.0 Å². The number of carbonyl (C=O) groups is 2. The van der Waals surface area contributed by atoms with Crippen LogP contribution in [0.3, 0.4) is 0 Å². The molecule has 0 spiro atoms. The molecule has 24 heavy (non-hydrogen) atoms. The Morgan fingerprint density at radius 3 is 2.50 bits per heavy atom. The first-order valence-electron chi connectivity index (χ1n) is 7.27. The Hall–Kier alpha value is -3.35. The summed E-state index contributed by atoms with van der Waals surface area (Å²) in [6.07, 6.45) is 0. The molecule has 0 atom stereocenters. The standard InChI is InChI=1S/C17H15N3O4/c1-10-2-4-11(5-3-10)16(22)24-9-15(21)18-12-6-7-13-14(8-12)20-17(23)19-13/h2-8H,9H2,1H3,(H,18,21)(H2,19,20,23). The maximum Gasteiger partial charge on any atom is 0.338 e. The van der Waals surface area contributed by atoms with Gasteiger partial charge in [0.2, 0.25) is 0 Å². The number of carbonyl (C=O) groups excluding carboxylic acids is 2. The predicted molar refractivity (Wildman–Crippen MR) is 89.0 cm³/mol. The minimum Gasteiger partial charge on any atom is -0.452 e. The number of rotatable bonds is 4. The molecule has 1 amide bonds. The molecule has 2 aromatic carbocycles. The quantitative estimate of drug-likeness (QED) is 0.638. The van der Waals surface area contributed by atoms with Gasteiger partial charge in [0.15, 0.2) is 6.61 Å². The molecule has 0 saturated heterocycles. The van der Waals surface area contributed by atoms with Crippen LogP contribution < -0.4 is 11.0 Å². The van der Waals surface area contributed by atoms with Gasteiger partial charge in [0, 0.05) is 5.69 Å². The van der Waals surface area contributed by atoms with Gasteiger partial charge in [-0.2, -0.15) is 0 Å². The van der Waals surface area contributed by atoms with Gasteiger partial charge in [-0.05, 0) is 37.3 Å². The number of ether oxygens (including phenoxy) is 1. The average Bonchev–Trinajstić information content (AvgIpc) is 2.92. The molecule has 3 N–H and O–H groups in total. The fourth-order valence-corrected chi connectivity index (χ4v) is 2.21. The molecule has 0 unspecified atom stereocenters. The van der Waals surface area contributed by atoms with Gasteiger partial charge in [-0.15, -0.1) is 0 Å². The number of hydrogen-bond acceptors (Lipinski definition) is 4. The molecule has 0 saturated carbocycles. The second-order valence-electron chi connectivity index (χ2n) is 5.33. The summed E-state index contributed by atoms with van der Waals surface area (Å²) in [7, 11) is 0. The third-order valence-electron chi connectivity index (χ3n) is 3.42. The van der Waals surface area contributed by atoms with Crippen LogP contribution in [0.2, 0.25) is 0 Å². The SMILES string of the molecule is Cc1ccc(C(=O)OCC(=O)Nc2ccc3[nH]c(=O)[nH]c3c2)cc1. The summed E-state index contributed by atoms with van der Waals surface area (Å²) in [5.41, 5.74) is 2.81. The van der Waals surface area contributed by atoms with Crippen LogP contribution in [0.15, 0.2) is 47.3 Å². The van der Waals surface area contributed by atoms with Crippen molar-refractivity contribution in [3.05, 3.63) is 64.1 Å². The van der Waals surface area contributed by atoms with Gasteiger partial charge in [0.05, 0.1) is 16.6 Å². The van der Waals surface area contributed by atoms with Crippen molar-refractivity contribution in [3.63, 3.8) is 0 Å². The lowest BCUT2D eigenvalue weighted by atomic mass is 10.1. The summed E-state index contributed by atoms with van der Waals surface area (Å²) >= 11 is 0. The molecule has 7 nitrogen and oxygen atoms in total. The number of H-pyrrole nitrogens is 2. The minimum absolute atomic E-state index is 0.319. The van der Waals surface area contributed by atoms with Crippen molar-refractivity contribution in [2.75, 3.05) is 11.9 Å². The van der Waals surface area contributed by atoms with Gasteiger partial charge in [-0.1, -0.05) is 17.7 Å². The second kappa shape index (κ2) is 6.41. The lowest BCUT2D eigenvalue weighted by Gasteiger charge is -2.07. The smallest absolute Gasteiger partial charge is 0.338 e. The zero-order valence-electron chi connectivity index (χ0n) is 12.9. The maximum absolute atomic E-state index is 11.9. The summed E-state index contributed by atoms with van der Waals surface area (Å²) in [4.78, 5) is 40.1. The lowest BCUT2D eigenvalue weighted by Crippen LogP contribution is -2.20. The van der Waals surface area contributed by atoms with E-state index in [9.17, 15) is 14.4 Å². The summed E-state index contributed by atoms with van der Waals surface area (Å²) in [6.45, 7) is 1.52. The number of hydrogen-bond donors (Lipinski definition) is 3. The molecule has 0 fully saturated rings. The Balaban J connectivity index is 1.59. The molecule has 0 aliphatic heterocycles. The number of anilines is 1. The lowest BCUT2D eigenvalue weighted by molar-refractivity contribution is -0.119. The molecule has 1 heterocycles. The van der Waals surface area contributed by atoms with Crippen LogP contribution in [0, 0.1) is 6.92 Å². The Kier molecular flexibility index (Phi) is 4.15. The molecular weight excluding hydrogens is 310 g/mol. The van der Waals surface area contributed by atoms with Crippen molar-refractivity contribution in [2.45, 2.75) is 6.92 Å². The summed E-state index contributed by atoms with van der Waals surface area (Å²) < 4.78 is 4.98. The van der Waals surface area contributed by atoms with Gasteiger partial charge >= 0.3 is 11.7 Å². The second-order valence-corrected chi connectivity index (χ2v) is 5.33. The fourth-order valence-electron chi connectivity index (χ4n) is 2.21. The molecule has 1 aromatic heterocycles. The van der Waals surface area contributed by atoms with E-state index in [0.717, 1.165) is 5.56 Å². The number of nitrogens with one attached hydrogen (secondary N) is 3. The Morgan fingerprint density at radius 1 is 1.04 bits per heavy atom. The van der Waals surface area contributed by atoms with Crippen molar-refractivity contribution in [1.29, 1.82) is 0 Å². The predicted octanol–water partition coefficient (Wildman–Crippen LogP) is 1.96. The molecule has 7 heteroatoms. The Bertz CT molecular complexity index is 954. The average molecular weight is 325 g/mol. The summed E-state index contributed by atoms with van der Waals surface area (Å²) in [6, 6.07) is 11.8. The van der Waals surface area contributed by atoms with Gasteiger partial charge in [0.25, 0.3) is 5.91 Å². The van der Waals surface area contributed by atoms with Crippen LogP contribution >= 0.6 is 0 Å². The highest BCUT2D eigenvalue weighted by atomic mass is 16.5. The number of imidazole rings is 1. The maximum atomic E-state index is 11.9. The van der Waals surface area contributed by atoms with Gasteiger partial charge in [-0.3, -0.25) is 4.79 Å². The van der Waals surface area contributed by atoms with E-state index < -0.39 is 18.5 Å². The number of aromatic amines is 2. The first kappa shape index (κ1) is 15.5. The van der Waals surface area contributed by atoms with E-state index in [1.807, 2.05) is 6.92 Å². The fraction of sp³-hybridized carbons (Fsp3) is 0.118. The summed E-state index contributed by atoms with van der Waals surface area (Å²) in [5, 5.41) is 2.61. The topological polar surface area (TPSA) is 104 Å². The number of aryl methyl sites for hydroxylation is 1. The minimum atomic E-state index is -0.560. The van der Waals surface area contributed by atoms with E-state index >= 15 is 0 Å². The van der Waals surface area contributed by atoms with E-state index in [2.05, 4.69) is 15.3 Å². The van der Waals surface area contributed by atoms with Crippen molar-refractivity contribution < 1.29 is 14.3 Å². The molecule has 0 radical (unpaired) electrons. The van der Waals surface area contributed by atoms with Crippen molar-refractivity contribution in [2.24, 2.45) is 0 Å².